The Morgan fingerprint density at radius 3 is 2.52 bits per heavy atom. The molecule has 2 aromatic rings. The zero-order valence-corrected chi connectivity index (χ0v) is 13.8. The monoisotopic (exact) mass is 375 g/mol. The Morgan fingerprint density at radius 2 is 1.87 bits per heavy atom. The molecule has 2 aromatic carbocycles. The Morgan fingerprint density at radius 1 is 1.17 bits per heavy atom. The van der Waals surface area contributed by atoms with Crippen LogP contribution in [0.15, 0.2) is 52.0 Å². The van der Waals surface area contributed by atoms with Crippen molar-refractivity contribution in [1.29, 1.82) is 0 Å². The number of anilines is 1. The summed E-state index contributed by atoms with van der Waals surface area (Å²) in [6.07, 6.45) is 1.35. The van der Waals surface area contributed by atoms with Gasteiger partial charge in [-0.05, 0) is 42.5 Å². The van der Waals surface area contributed by atoms with E-state index in [1.54, 1.807) is 36.4 Å². The van der Waals surface area contributed by atoms with Crippen LogP contribution in [0.2, 0.25) is 0 Å². The maximum atomic E-state index is 11.9. The van der Waals surface area contributed by atoms with Crippen LogP contribution in [0.3, 0.4) is 0 Å². The zero-order chi connectivity index (χ0) is 16.8. The van der Waals surface area contributed by atoms with E-state index in [1.807, 2.05) is 0 Å². The molecule has 0 bridgehead atoms. The molecule has 0 spiro atoms. The normalized spacial score (nSPS) is 10.5. The fourth-order valence-corrected chi connectivity index (χ4v) is 2.14. The summed E-state index contributed by atoms with van der Waals surface area (Å²) in [6, 6.07) is 11.3. The second-order valence-corrected chi connectivity index (χ2v) is 5.58. The highest BCUT2D eigenvalue weighted by molar-refractivity contribution is 9.10. The Kier molecular flexibility index (Phi) is 5.48. The van der Waals surface area contributed by atoms with Crippen molar-refractivity contribution in [1.82, 2.24) is 5.43 Å². The molecule has 2 rings (SSSR count). The van der Waals surface area contributed by atoms with Crippen LogP contribution in [0.25, 0.3) is 0 Å². The predicted octanol–water partition coefficient (Wildman–Crippen LogP) is 2.88. The second-order valence-electron chi connectivity index (χ2n) is 4.66. The van der Waals surface area contributed by atoms with Gasteiger partial charge in [0.2, 0.25) is 5.91 Å². The van der Waals surface area contributed by atoms with Gasteiger partial charge in [-0.2, -0.15) is 5.10 Å². The summed E-state index contributed by atoms with van der Waals surface area (Å²) in [6.45, 7) is 1.41. The fourth-order valence-electron chi connectivity index (χ4n) is 1.76. The van der Waals surface area contributed by atoms with E-state index in [4.69, 9.17) is 0 Å². The molecule has 0 saturated carbocycles. The van der Waals surface area contributed by atoms with Gasteiger partial charge in [-0.15, -0.1) is 0 Å². The summed E-state index contributed by atoms with van der Waals surface area (Å²) in [4.78, 5) is 22.9. The lowest BCUT2D eigenvalue weighted by atomic mass is 10.2. The number of carbonyl (C=O) groups is 2. The third-order valence-electron chi connectivity index (χ3n) is 2.83. The number of phenols is 1. The van der Waals surface area contributed by atoms with Gasteiger partial charge >= 0.3 is 0 Å². The third kappa shape index (κ3) is 4.93. The molecule has 0 radical (unpaired) electrons. The molecule has 0 saturated heterocycles. The Bertz CT molecular complexity index is 758. The van der Waals surface area contributed by atoms with Crippen molar-refractivity contribution >= 4 is 39.6 Å². The maximum Gasteiger partial charge on any atom is 0.271 e. The molecule has 0 unspecified atom stereocenters. The number of carbonyl (C=O) groups excluding carboxylic acids is 2. The topological polar surface area (TPSA) is 90.8 Å². The van der Waals surface area contributed by atoms with Gasteiger partial charge in [-0.25, -0.2) is 5.43 Å². The van der Waals surface area contributed by atoms with Crippen LogP contribution in [0.4, 0.5) is 5.69 Å². The molecule has 7 heteroatoms. The minimum atomic E-state index is -0.398. The van der Waals surface area contributed by atoms with Crippen molar-refractivity contribution in [2.75, 3.05) is 5.32 Å². The first-order valence-corrected chi connectivity index (χ1v) is 7.44. The molecule has 0 fully saturated rings. The van der Waals surface area contributed by atoms with Crippen LogP contribution in [-0.2, 0) is 4.79 Å². The number of hydrogen-bond acceptors (Lipinski definition) is 4. The lowest BCUT2D eigenvalue weighted by Gasteiger charge is -2.04. The highest BCUT2D eigenvalue weighted by atomic mass is 79.9. The number of nitrogens with zero attached hydrogens (tertiary/aromatic N) is 1. The Labute approximate surface area is 141 Å². The average Bonchev–Trinajstić information content (AvgIpc) is 2.50. The van der Waals surface area contributed by atoms with E-state index in [1.165, 1.54) is 19.2 Å². The molecule has 0 heterocycles. The first-order chi connectivity index (χ1) is 11.0. The van der Waals surface area contributed by atoms with Crippen molar-refractivity contribution in [2.45, 2.75) is 6.92 Å². The zero-order valence-electron chi connectivity index (χ0n) is 12.2. The van der Waals surface area contributed by atoms with Crippen molar-refractivity contribution in [3.63, 3.8) is 0 Å². The molecule has 0 aliphatic rings. The smallest absolute Gasteiger partial charge is 0.271 e. The van der Waals surface area contributed by atoms with Crippen molar-refractivity contribution in [3.05, 3.63) is 58.1 Å². The van der Waals surface area contributed by atoms with Gasteiger partial charge in [0.05, 0.1) is 6.21 Å². The molecule has 23 heavy (non-hydrogen) atoms. The van der Waals surface area contributed by atoms with Crippen molar-refractivity contribution < 1.29 is 14.7 Å². The van der Waals surface area contributed by atoms with Crippen LogP contribution >= 0.6 is 15.9 Å². The van der Waals surface area contributed by atoms with Crippen LogP contribution in [0.5, 0.6) is 5.75 Å². The van der Waals surface area contributed by atoms with Gasteiger partial charge in [0.25, 0.3) is 5.91 Å². The summed E-state index contributed by atoms with van der Waals surface area (Å²) in [7, 11) is 0. The standard InChI is InChI=1S/C16H14BrN3O3/c1-10(21)19-14-5-2-11(3-6-14)16(23)20-18-9-12-8-13(17)4-7-15(12)22/h2-9,22H,1H3,(H,19,21)(H,20,23). The van der Waals surface area contributed by atoms with E-state index >= 15 is 0 Å². The van der Waals surface area contributed by atoms with Crippen molar-refractivity contribution in [2.24, 2.45) is 5.10 Å². The Balaban J connectivity index is 2.00. The molecule has 0 aliphatic heterocycles. The molecule has 0 aliphatic carbocycles. The first kappa shape index (κ1) is 16.7. The molecule has 0 aromatic heterocycles. The SMILES string of the molecule is CC(=O)Nc1ccc(C(=O)NN=Cc2cc(Br)ccc2O)cc1. The summed E-state index contributed by atoms with van der Waals surface area (Å²) >= 11 is 3.29. The summed E-state index contributed by atoms with van der Waals surface area (Å²) in [5.41, 5.74) is 3.85. The number of aromatic hydroxyl groups is 1. The molecular formula is C16H14BrN3O3. The van der Waals surface area contributed by atoms with E-state index < -0.39 is 5.91 Å². The van der Waals surface area contributed by atoms with Gasteiger partial charge in [0.1, 0.15) is 5.75 Å². The van der Waals surface area contributed by atoms with Crippen LogP contribution < -0.4 is 10.7 Å². The first-order valence-electron chi connectivity index (χ1n) is 6.65. The highest BCUT2D eigenvalue weighted by Crippen LogP contribution is 2.19. The third-order valence-corrected chi connectivity index (χ3v) is 3.32. The second kappa shape index (κ2) is 7.55. The van der Waals surface area contributed by atoms with Crippen molar-refractivity contribution in [3.8, 4) is 5.75 Å². The molecule has 0 atom stereocenters. The van der Waals surface area contributed by atoms with E-state index in [-0.39, 0.29) is 11.7 Å². The highest BCUT2D eigenvalue weighted by Gasteiger charge is 2.05. The predicted molar refractivity (Wildman–Crippen MR) is 91.6 cm³/mol. The maximum absolute atomic E-state index is 11.9. The minimum Gasteiger partial charge on any atom is -0.507 e. The van der Waals surface area contributed by atoms with E-state index in [2.05, 4.69) is 31.8 Å². The molecule has 6 nitrogen and oxygen atoms in total. The molecule has 118 valence electrons. The minimum absolute atomic E-state index is 0.0610. The number of benzene rings is 2. The summed E-state index contributed by atoms with van der Waals surface area (Å²) in [5.74, 6) is -0.517. The average molecular weight is 376 g/mol. The lowest BCUT2D eigenvalue weighted by Crippen LogP contribution is -2.17. The number of nitrogens with one attached hydrogen (secondary N) is 2. The number of amides is 2. The lowest BCUT2D eigenvalue weighted by molar-refractivity contribution is -0.114. The number of phenolic OH excluding ortho intramolecular Hbond substituents is 1. The number of halogens is 1. The molecule has 3 N–H and O–H groups in total. The number of rotatable bonds is 4. The van der Waals surface area contributed by atoms with Gasteiger partial charge in [0.15, 0.2) is 0 Å². The van der Waals surface area contributed by atoms with Gasteiger partial charge in [0, 0.05) is 28.2 Å². The Hall–Kier alpha value is -2.67. The quantitative estimate of drug-likeness (QED) is 0.566. The van der Waals surface area contributed by atoms with E-state index in [0.717, 1.165) is 4.47 Å². The van der Waals surface area contributed by atoms with Crippen LogP contribution in [0.1, 0.15) is 22.8 Å². The number of hydrazone groups is 1. The summed E-state index contributed by atoms with van der Waals surface area (Å²) in [5, 5.41) is 16.1. The fraction of sp³-hybridized carbons (Fsp3) is 0.0625. The van der Waals surface area contributed by atoms with Crippen LogP contribution in [-0.4, -0.2) is 23.1 Å². The van der Waals surface area contributed by atoms with Gasteiger partial charge < -0.3 is 10.4 Å². The van der Waals surface area contributed by atoms with Crippen LogP contribution in [0, 0.1) is 0 Å². The largest absolute Gasteiger partial charge is 0.507 e. The van der Waals surface area contributed by atoms with Gasteiger partial charge in [-0.3, -0.25) is 9.59 Å². The molecule has 2 amide bonds. The number of hydrogen-bond donors (Lipinski definition) is 3. The van der Waals surface area contributed by atoms with E-state index in [0.29, 0.717) is 16.8 Å². The molecular weight excluding hydrogens is 362 g/mol. The summed E-state index contributed by atoms with van der Waals surface area (Å²) < 4.78 is 0.789. The van der Waals surface area contributed by atoms with Gasteiger partial charge in [-0.1, -0.05) is 15.9 Å². The van der Waals surface area contributed by atoms with E-state index in [9.17, 15) is 14.7 Å².